The fourth-order valence-corrected chi connectivity index (χ4v) is 5.27. The Labute approximate surface area is 133 Å². The highest BCUT2D eigenvalue weighted by atomic mass is 32.1. The fourth-order valence-electron chi connectivity index (χ4n) is 3.97. The van der Waals surface area contributed by atoms with E-state index in [1.165, 1.54) is 49.5 Å². The first-order valence-electron chi connectivity index (χ1n) is 8.43. The van der Waals surface area contributed by atoms with Crippen LogP contribution in [0.15, 0.2) is 5.38 Å². The molecule has 3 rings (SSSR count). The molecule has 21 heavy (non-hydrogen) atoms. The van der Waals surface area contributed by atoms with Gasteiger partial charge >= 0.3 is 0 Å². The maximum Gasteiger partial charge on any atom is 0.115 e. The molecule has 0 saturated carbocycles. The van der Waals surface area contributed by atoms with Gasteiger partial charge < -0.3 is 5.32 Å². The molecule has 0 radical (unpaired) electrons. The van der Waals surface area contributed by atoms with Gasteiger partial charge in [-0.05, 0) is 32.4 Å². The average molecular weight is 308 g/mol. The summed E-state index contributed by atoms with van der Waals surface area (Å²) in [6.07, 6.45) is 5.26. The molecule has 1 aromatic heterocycles. The van der Waals surface area contributed by atoms with Gasteiger partial charge in [0.15, 0.2) is 0 Å². The highest BCUT2D eigenvalue weighted by Gasteiger charge is 2.50. The van der Waals surface area contributed by atoms with E-state index in [9.17, 15) is 0 Å². The molecule has 2 aliphatic heterocycles. The molecule has 2 saturated heterocycles. The Kier molecular flexibility index (Phi) is 4.15. The van der Waals surface area contributed by atoms with Crippen LogP contribution in [0.5, 0.6) is 0 Å². The second kappa shape index (κ2) is 5.64. The standard InChI is InChI=1S/C17H29N3S/c1-5-18-17(9-11-20-10-7-6-8-14(17)20)15-19-13(12-21-15)16(2,3)4/h12,14,18H,5-11H2,1-4H3. The number of hydrogen-bond donors (Lipinski definition) is 1. The Morgan fingerprint density at radius 3 is 2.86 bits per heavy atom. The van der Waals surface area contributed by atoms with Crippen LogP contribution < -0.4 is 5.32 Å². The van der Waals surface area contributed by atoms with Crippen molar-refractivity contribution < 1.29 is 0 Å². The molecule has 0 aliphatic carbocycles. The van der Waals surface area contributed by atoms with Gasteiger partial charge in [-0.2, -0.15) is 0 Å². The molecule has 2 unspecified atom stereocenters. The van der Waals surface area contributed by atoms with Gasteiger partial charge in [0.05, 0.1) is 11.2 Å². The van der Waals surface area contributed by atoms with Crippen molar-refractivity contribution in [3.05, 3.63) is 16.1 Å². The molecule has 2 fully saturated rings. The number of fused-ring (bicyclic) bond motifs is 1. The second-order valence-corrected chi connectivity index (χ2v) is 8.45. The highest BCUT2D eigenvalue weighted by molar-refractivity contribution is 7.09. The van der Waals surface area contributed by atoms with E-state index < -0.39 is 0 Å². The van der Waals surface area contributed by atoms with Gasteiger partial charge in [-0.1, -0.05) is 34.1 Å². The Morgan fingerprint density at radius 2 is 2.19 bits per heavy atom. The summed E-state index contributed by atoms with van der Waals surface area (Å²) < 4.78 is 0. The predicted molar refractivity (Wildman–Crippen MR) is 90.0 cm³/mol. The molecule has 1 aromatic rings. The zero-order chi connectivity index (χ0) is 15.1. The molecule has 0 aromatic carbocycles. The molecule has 0 bridgehead atoms. The lowest BCUT2D eigenvalue weighted by Crippen LogP contribution is -2.53. The van der Waals surface area contributed by atoms with Crippen molar-refractivity contribution in [1.29, 1.82) is 0 Å². The quantitative estimate of drug-likeness (QED) is 0.926. The predicted octanol–water partition coefficient (Wildman–Crippen LogP) is 3.50. The summed E-state index contributed by atoms with van der Waals surface area (Å²) in [4.78, 5) is 7.77. The van der Waals surface area contributed by atoms with Crippen molar-refractivity contribution in [2.24, 2.45) is 0 Å². The number of nitrogens with zero attached hydrogens (tertiary/aromatic N) is 2. The highest BCUT2D eigenvalue weighted by Crippen LogP contribution is 2.44. The van der Waals surface area contributed by atoms with Crippen LogP contribution in [0, 0.1) is 0 Å². The topological polar surface area (TPSA) is 28.2 Å². The number of aromatic nitrogens is 1. The number of thiazole rings is 1. The van der Waals surface area contributed by atoms with Crippen LogP contribution in [0.4, 0.5) is 0 Å². The van der Waals surface area contributed by atoms with Gasteiger partial charge in [0.1, 0.15) is 5.01 Å². The molecule has 4 heteroatoms. The van der Waals surface area contributed by atoms with Crippen molar-refractivity contribution in [2.45, 2.75) is 70.4 Å². The normalized spacial score (nSPS) is 30.6. The Hall–Kier alpha value is -0.450. The van der Waals surface area contributed by atoms with E-state index in [1.54, 1.807) is 0 Å². The van der Waals surface area contributed by atoms with Gasteiger partial charge in [0, 0.05) is 23.4 Å². The second-order valence-electron chi connectivity index (χ2n) is 7.59. The molecule has 2 aliphatic rings. The summed E-state index contributed by atoms with van der Waals surface area (Å²) in [6, 6.07) is 0.644. The zero-order valence-electron chi connectivity index (χ0n) is 13.9. The first-order chi connectivity index (χ1) is 9.97. The number of rotatable bonds is 3. The van der Waals surface area contributed by atoms with Crippen LogP contribution in [0.25, 0.3) is 0 Å². The van der Waals surface area contributed by atoms with Gasteiger partial charge in [-0.25, -0.2) is 4.98 Å². The molecule has 118 valence electrons. The summed E-state index contributed by atoms with van der Waals surface area (Å²) in [5.41, 5.74) is 1.49. The van der Waals surface area contributed by atoms with E-state index in [0.717, 1.165) is 6.54 Å². The van der Waals surface area contributed by atoms with E-state index in [2.05, 4.69) is 43.3 Å². The maximum absolute atomic E-state index is 5.07. The van der Waals surface area contributed by atoms with E-state index in [-0.39, 0.29) is 11.0 Å². The summed E-state index contributed by atoms with van der Waals surface area (Å²) >= 11 is 1.87. The minimum absolute atomic E-state index is 0.101. The number of likely N-dealkylation sites (N-methyl/N-ethyl adjacent to an activating group) is 1. The SMILES string of the molecule is CCNC1(c2nc(C(C)(C)C)cs2)CCN2CCCCC21. The van der Waals surface area contributed by atoms with E-state index in [0.29, 0.717) is 6.04 Å². The summed E-state index contributed by atoms with van der Waals surface area (Å²) in [5, 5.41) is 7.45. The molecule has 3 nitrogen and oxygen atoms in total. The van der Waals surface area contributed by atoms with Crippen LogP contribution in [0.3, 0.4) is 0 Å². The number of nitrogens with one attached hydrogen (secondary N) is 1. The largest absolute Gasteiger partial charge is 0.304 e. The van der Waals surface area contributed by atoms with Gasteiger partial charge in [-0.3, -0.25) is 4.90 Å². The smallest absolute Gasteiger partial charge is 0.115 e. The number of hydrogen-bond acceptors (Lipinski definition) is 4. The molecule has 0 spiro atoms. The van der Waals surface area contributed by atoms with Crippen molar-refractivity contribution in [3.8, 4) is 0 Å². The lowest BCUT2D eigenvalue weighted by molar-refractivity contribution is 0.137. The minimum atomic E-state index is 0.101. The lowest BCUT2D eigenvalue weighted by Gasteiger charge is -2.40. The van der Waals surface area contributed by atoms with Gasteiger partial charge in [-0.15, -0.1) is 11.3 Å². The van der Waals surface area contributed by atoms with Gasteiger partial charge in [0.2, 0.25) is 0 Å². The van der Waals surface area contributed by atoms with Crippen LogP contribution >= 0.6 is 11.3 Å². The van der Waals surface area contributed by atoms with Crippen LogP contribution in [-0.2, 0) is 11.0 Å². The third kappa shape index (κ3) is 2.66. The van der Waals surface area contributed by atoms with Crippen molar-refractivity contribution >= 4 is 11.3 Å². The average Bonchev–Trinajstić information content (AvgIpc) is 3.05. The number of piperidine rings is 1. The fraction of sp³-hybridized carbons (Fsp3) is 0.824. The summed E-state index contributed by atoms with van der Waals surface area (Å²) in [5.74, 6) is 0. The van der Waals surface area contributed by atoms with E-state index in [4.69, 9.17) is 4.98 Å². The van der Waals surface area contributed by atoms with Crippen molar-refractivity contribution in [3.63, 3.8) is 0 Å². The summed E-state index contributed by atoms with van der Waals surface area (Å²) in [6.45, 7) is 12.5. The Balaban J connectivity index is 1.96. The van der Waals surface area contributed by atoms with Crippen molar-refractivity contribution in [2.75, 3.05) is 19.6 Å². The third-order valence-electron chi connectivity index (χ3n) is 5.12. The first kappa shape index (κ1) is 15.4. The Bertz CT molecular complexity index is 490. The van der Waals surface area contributed by atoms with Crippen LogP contribution in [0.2, 0.25) is 0 Å². The van der Waals surface area contributed by atoms with E-state index in [1.807, 2.05) is 11.3 Å². The van der Waals surface area contributed by atoms with Crippen LogP contribution in [0.1, 0.15) is 64.1 Å². The molecule has 2 atom stereocenters. The minimum Gasteiger partial charge on any atom is -0.304 e. The molecular formula is C17H29N3S. The maximum atomic E-state index is 5.07. The lowest BCUT2D eigenvalue weighted by atomic mass is 9.85. The van der Waals surface area contributed by atoms with Gasteiger partial charge in [0.25, 0.3) is 0 Å². The molecule has 1 N–H and O–H groups in total. The van der Waals surface area contributed by atoms with Crippen LogP contribution in [-0.4, -0.2) is 35.6 Å². The monoisotopic (exact) mass is 307 g/mol. The van der Waals surface area contributed by atoms with Crippen molar-refractivity contribution in [1.82, 2.24) is 15.2 Å². The summed E-state index contributed by atoms with van der Waals surface area (Å²) in [7, 11) is 0. The Morgan fingerprint density at radius 1 is 1.38 bits per heavy atom. The molecule has 3 heterocycles. The third-order valence-corrected chi connectivity index (χ3v) is 6.14. The molecular weight excluding hydrogens is 278 g/mol. The van der Waals surface area contributed by atoms with E-state index >= 15 is 0 Å². The molecule has 0 amide bonds. The zero-order valence-corrected chi connectivity index (χ0v) is 14.7. The first-order valence-corrected chi connectivity index (χ1v) is 9.31.